The first-order chi connectivity index (χ1) is 8.24. The third-order valence-corrected chi connectivity index (χ3v) is 4.54. The van der Waals surface area contributed by atoms with Crippen molar-refractivity contribution in [3.8, 4) is 0 Å². The van der Waals surface area contributed by atoms with Gasteiger partial charge in [0.05, 0.1) is 0 Å². The van der Waals surface area contributed by atoms with Crippen LogP contribution < -0.4 is 5.73 Å². The van der Waals surface area contributed by atoms with E-state index < -0.39 is 0 Å². The van der Waals surface area contributed by atoms with Gasteiger partial charge in [0.15, 0.2) is 0 Å². The van der Waals surface area contributed by atoms with Crippen molar-refractivity contribution in [3.63, 3.8) is 0 Å². The Morgan fingerprint density at radius 3 is 2.35 bits per heavy atom. The van der Waals surface area contributed by atoms with Gasteiger partial charge in [-0.05, 0) is 45.1 Å². The second-order valence-electron chi connectivity index (χ2n) is 5.70. The monoisotopic (exact) mass is 240 g/mol. The molecule has 1 rings (SSSR count). The zero-order valence-electron chi connectivity index (χ0n) is 12.1. The van der Waals surface area contributed by atoms with E-state index in [-0.39, 0.29) is 0 Å². The van der Waals surface area contributed by atoms with Crippen molar-refractivity contribution in [2.75, 3.05) is 13.1 Å². The van der Waals surface area contributed by atoms with Crippen molar-refractivity contribution in [1.29, 1.82) is 0 Å². The molecule has 0 radical (unpaired) electrons. The first-order valence-electron chi connectivity index (χ1n) is 7.70. The van der Waals surface area contributed by atoms with Gasteiger partial charge in [0.1, 0.15) is 0 Å². The molecular weight excluding hydrogens is 208 g/mol. The van der Waals surface area contributed by atoms with Crippen LogP contribution in [0.2, 0.25) is 0 Å². The van der Waals surface area contributed by atoms with Gasteiger partial charge in [-0.15, -0.1) is 0 Å². The summed E-state index contributed by atoms with van der Waals surface area (Å²) in [6.07, 6.45) is 9.49. The van der Waals surface area contributed by atoms with Crippen molar-refractivity contribution in [3.05, 3.63) is 0 Å². The number of hydrogen-bond acceptors (Lipinski definition) is 2. The largest absolute Gasteiger partial charge is 0.329 e. The molecule has 1 fully saturated rings. The van der Waals surface area contributed by atoms with Gasteiger partial charge in [0.25, 0.3) is 0 Å². The number of nitrogens with zero attached hydrogens (tertiary/aromatic N) is 1. The smallest absolute Gasteiger partial charge is 0.0249 e. The zero-order valence-corrected chi connectivity index (χ0v) is 12.1. The molecule has 0 aromatic heterocycles. The summed E-state index contributed by atoms with van der Waals surface area (Å²) in [4.78, 5) is 2.71. The van der Waals surface area contributed by atoms with E-state index in [0.717, 1.165) is 12.5 Å². The highest BCUT2D eigenvalue weighted by Crippen LogP contribution is 2.31. The number of hydrogen-bond donors (Lipinski definition) is 1. The summed E-state index contributed by atoms with van der Waals surface area (Å²) in [6.45, 7) is 9.03. The third kappa shape index (κ3) is 4.26. The second-order valence-corrected chi connectivity index (χ2v) is 5.70. The predicted octanol–water partition coefficient (Wildman–Crippen LogP) is 3.40. The van der Waals surface area contributed by atoms with Crippen LogP contribution in [0.4, 0.5) is 0 Å². The standard InChI is InChI=1S/C15H32N2/c1-4-6-11-17(13(3)5-2)15(12-16)14-9-7-8-10-14/h13-15H,4-12,16H2,1-3H3. The normalized spacial score (nSPS) is 21.0. The molecule has 1 aliphatic rings. The topological polar surface area (TPSA) is 29.3 Å². The van der Waals surface area contributed by atoms with E-state index in [2.05, 4.69) is 25.7 Å². The minimum Gasteiger partial charge on any atom is -0.329 e. The lowest BCUT2D eigenvalue weighted by atomic mass is 9.94. The van der Waals surface area contributed by atoms with Crippen molar-refractivity contribution in [2.24, 2.45) is 11.7 Å². The van der Waals surface area contributed by atoms with Crippen LogP contribution in [0.25, 0.3) is 0 Å². The first kappa shape index (κ1) is 15.0. The Labute approximate surface area is 108 Å². The molecule has 102 valence electrons. The van der Waals surface area contributed by atoms with E-state index in [0.29, 0.717) is 12.1 Å². The van der Waals surface area contributed by atoms with Crippen molar-refractivity contribution < 1.29 is 0 Å². The number of rotatable bonds is 8. The summed E-state index contributed by atoms with van der Waals surface area (Å²) >= 11 is 0. The molecule has 0 saturated heterocycles. The summed E-state index contributed by atoms with van der Waals surface area (Å²) < 4.78 is 0. The molecule has 2 heteroatoms. The minimum absolute atomic E-state index is 0.638. The molecule has 1 saturated carbocycles. The summed E-state index contributed by atoms with van der Waals surface area (Å²) in [6, 6.07) is 1.33. The van der Waals surface area contributed by atoms with Crippen molar-refractivity contribution >= 4 is 0 Å². The highest BCUT2D eigenvalue weighted by Gasteiger charge is 2.30. The van der Waals surface area contributed by atoms with Crippen LogP contribution in [-0.2, 0) is 0 Å². The van der Waals surface area contributed by atoms with Crippen molar-refractivity contribution in [2.45, 2.75) is 77.8 Å². The average molecular weight is 240 g/mol. The Hall–Kier alpha value is -0.0800. The van der Waals surface area contributed by atoms with Gasteiger partial charge in [-0.1, -0.05) is 33.1 Å². The molecule has 0 bridgehead atoms. The lowest BCUT2D eigenvalue weighted by molar-refractivity contribution is 0.0998. The molecule has 2 N–H and O–H groups in total. The van der Waals surface area contributed by atoms with E-state index in [9.17, 15) is 0 Å². The van der Waals surface area contributed by atoms with Crippen LogP contribution in [0.3, 0.4) is 0 Å². The fourth-order valence-corrected chi connectivity index (χ4v) is 3.23. The van der Waals surface area contributed by atoms with E-state index in [1.807, 2.05) is 0 Å². The van der Waals surface area contributed by atoms with Gasteiger partial charge in [0, 0.05) is 18.6 Å². The predicted molar refractivity (Wildman–Crippen MR) is 76.2 cm³/mol. The highest BCUT2D eigenvalue weighted by molar-refractivity contribution is 4.85. The Kier molecular flexibility index (Phi) is 7.14. The Balaban J connectivity index is 2.62. The van der Waals surface area contributed by atoms with Gasteiger partial charge in [-0.25, -0.2) is 0 Å². The summed E-state index contributed by atoms with van der Waals surface area (Å²) in [5, 5.41) is 0. The van der Waals surface area contributed by atoms with E-state index >= 15 is 0 Å². The summed E-state index contributed by atoms with van der Waals surface area (Å²) in [7, 11) is 0. The van der Waals surface area contributed by atoms with E-state index in [4.69, 9.17) is 5.73 Å². The summed E-state index contributed by atoms with van der Waals surface area (Å²) in [5.74, 6) is 0.867. The molecule has 0 aromatic rings. The van der Waals surface area contributed by atoms with Crippen LogP contribution in [0.5, 0.6) is 0 Å². The van der Waals surface area contributed by atoms with E-state index in [1.165, 1.54) is 51.5 Å². The quantitative estimate of drug-likeness (QED) is 0.704. The maximum atomic E-state index is 6.08. The Bertz CT molecular complexity index is 187. The van der Waals surface area contributed by atoms with Crippen LogP contribution in [0.15, 0.2) is 0 Å². The molecule has 0 amide bonds. The zero-order chi connectivity index (χ0) is 12.7. The number of nitrogens with two attached hydrogens (primary N) is 1. The van der Waals surface area contributed by atoms with Crippen molar-refractivity contribution in [1.82, 2.24) is 4.90 Å². The minimum atomic E-state index is 0.638. The molecule has 1 aliphatic carbocycles. The van der Waals surface area contributed by atoms with Crippen LogP contribution in [-0.4, -0.2) is 30.1 Å². The van der Waals surface area contributed by atoms with Gasteiger partial charge in [-0.3, -0.25) is 4.90 Å². The molecule has 17 heavy (non-hydrogen) atoms. The second kappa shape index (κ2) is 8.10. The van der Waals surface area contributed by atoms with E-state index in [1.54, 1.807) is 0 Å². The molecule has 0 spiro atoms. The molecule has 0 aromatic carbocycles. The maximum Gasteiger partial charge on any atom is 0.0249 e. The maximum absolute atomic E-state index is 6.08. The van der Waals surface area contributed by atoms with Crippen LogP contribution in [0, 0.1) is 5.92 Å². The number of unbranched alkanes of at least 4 members (excludes halogenated alkanes) is 1. The molecule has 0 aliphatic heterocycles. The fraction of sp³-hybridized carbons (Fsp3) is 1.00. The summed E-state index contributed by atoms with van der Waals surface area (Å²) in [5.41, 5.74) is 6.08. The molecule has 2 atom stereocenters. The molecule has 2 nitrogen and oxygen atoms in total. The average Bonchev–Trinajstić information content (AvgIpc) is 2.87. The van der Waals surface area contributed by atoms with Gasteiger partial charge >= 0.3 is 0 Å². The SMILES string of the molecule is CCCCN(C(C)CC)C(CN)C1CCCC1. The fourth-order valence-electron chi connectivity index (χ4n) is 3.23. The Morgan fingerprint density at radius 1 is 1.24 bits per heavy atom. The molecule has 0 heterocycles. The van der Waals surface area contributed by atoms with Gasteiger partial charge in [-0.2, -0.15) is 0 Å². The lowest BCUT2D eigenvalue weighted by Gasteiger charge is -2.39. The molecular formula is C15H32N2. The molecule has 2 unspecified atom stereocenters. The lowest BCUT2D eigenvalue weighted by Crippen LogP contribution is -2.49. The first-order valence-corrected chi connectivity index (χ1v) is 7.70. The van der Waals surface area contributed by atoms with Crippen LogP contribution >= 0.6 is 0 Å². The van der Waals surface area contributed by atoms with Gasteiger partial charge in [0.2, 0.25) is 0 Å². The van der Waals surface area contributed by atoms with Gasteiger partial charge < -0.3 is 5.73 Å². The highest BCUT2D eigenvalue weighted by atomic mass is 15.2. The van der Waals surface area contributed by atoms with Crippen LogP contribution in [0.1, 0.15) is 65.7 Å². The Morgan fingerprint density at radius 2 is 1.88 bits per heavy atom. The third-order valence-electron chi connectivity index (χ3n) is 4.54.